The Morgan fingerprint density at radius 2 is 2.00 bits per heavy atom. The molecule has 170 valence electrons. The lowest BCUT2D eigenvalue weighted by Gasteiger charge is -2.21. The minimum absolute atomic E-state index is 0.0806. The number of nitrogens with zero attached hydrogens (tertiary/aromatic N) is 4. The fraction of sp³-hybridized carbons (Fsp3) is 0.250. The van der Waals surface area contributed by atoms with Crippen LogP contribution in [0.25, 0.3) is 11.0 Å². The van der Waals surface area contributed by atoms with Gasteiger partial charge in [0.15, 0.2) is 5.65 Å². The average molecular weight is 466 g/mol. The molecule has 0 atom stereocenters. The Labute approximate surface area is 194 Å². The van der Waals surface area contributed by atoms with Crippen LogP contribution in [0.5, 0.6) is 0 Å². The molecule has 1 N–H and O–H groups in total. The fourth-order valence-electron chi connectivity index (χ4n) is 3.55. The zero-order chi connectivity index (χ0) is 23.4. The molecule has 0 aliphatic heterocycles. The molecule has 0 bridgehead atoms. The molecule has 7 nitrogen and oxygen atoms in total. The van der Waals surface area contributed by atoms with Crippen LogP contribution in [-0.4, -0.2) is 44.6 Å². The van der Waals surface area contributed by atoms with Crippen LogP contribution in [0, 0.1) is 12.7 Å². The molecular weight excluding hydrogens is 441 g/mol. The summed E-state index contributed by atoms with van der Waals surface area (Å²) in [4.78, 5) is 33.1. The average Bonchev–Trinajstić information content (AvgIpc) is 3.47. The van der Waals surface area contributed by atoms with Gasteiger partial charge in [0.1, 0.15) is 5.82 Å². The summed E-state index contributed by atoms with van der Waals surface area (Å²) in [5.41, 5.74) is 2.60. The number of amides is 2. The first-order valence-electron chi connectivity index (χ1n) is 10.6. The summed E-state index contributed by atoms with van der Waals surface area (Å²) < 4.78 is 14.8. The number of aryl methyl sites for hydroxylation is 1. The summed E-state index contributed by atoms with van der Waals surface area (Å²) >= 11 is 1.64. The van der Waals surface area contributed by atoms with Crippen molar-refractivity contribution in [2.75, 3.05) is 13.1 Å². The Balaban J connectivity index is 1.50. The minimum atomic E-state index is -0.328. The summed E-state index contributed by atoms with van der Waals surface area (Å²) in [5, 5.41) is 9.91. The van der Waals surface area contributed by atoms with Gasteiger partial charge in [-0.15, -0.1) is 11.3 Å². The number of hydrogen-bond acceptors (Lipinski definition) is 5. The van der Waals surface area contributed by atoms with E-state index in [0.717, 1.165) is 10.4 Å². The van der Waals surface area contributed by atoms with Crippen LogP contribution in [0.4, 0.5) is 4.39 Å². The van der Waals surface area contributed by atoms with E-state index in [0.29, 0.717) is 35.4 Å². The first kappa shape index (κ1) is 22.6. The van der Waals surface area contributed by atoms with Gasteiger partial charge in [-0.3, -0.25) is 9.59 Å². The van der Waals surface area contributed by atoms with Crippen molar-refractivity contribution in [3.63, 3.8) is 0 Å². The molecule has 2 amide bonds. The maximum Gasteiger partial charge on any atom is 0.255 e. The van der Waals surface area contributed by atoms with Crippen LogP contribution in [0.2, 0.25) is 0 Å². The SMILES string of the molecule is CCN(CC(=O)NCc1ccc(F)cc1)C(=O)c1cc(C)nc2c1cnn2Cc1cccs1. The molecule has 0 saturated heterocycles. The van der Waals surface area contributed by atoms with Gasteiger partial charge >= 0.3 is 0 Å². The molecule has 4 rings (SSSR count). The van der Waals surface area contributed by atoms with E-state index in [2.05, 4.69) is 15.4 Å². The summed E-state index contributed by atoms with van der Waals surface area (Å²) in [7, 11) is 0. The van der Waals surface area contributed by atoms with Crippen LogP contribution < -0.4 is 5.32 Å². The zero-order valence-corrected chi connectivity index (χ0v) is 19.2. The van der Waals surface area contributed by atoms with Gasteiger partial charge in [0.25, 0.3) is 5.91 Å². The number of hydrogen-bond donors (Lipinski definition) is 1. The van der Waals surface area contributed by atoms with E-state index in [9.17, 15) is 14.0 Å². The topological polar surface area (TPSA) is 80.1 Å². The fourth-order valence-corrected chi connectivity index (χ4v) is 4.23. The second-order valence-electron chi connectivity index (χ2n) is 7.65. The van der Waals surface area contributed by atoms with Gasteiger partial charge in [-0.1, -0.05) is 18.2 Å². The van der Waals surface area contributed by atoms with Gasteiger partial charge in [-0.05, 0) is 49.1 Å². The monoisotopic (exact) mass is 465 g/mol. The normalized spacial score (nSPS) is 11.0. The van der Waals surface area contributed by atoms with Crippen molar-refractivity contribution < 1.29 is 14.0 Å². The number of carbonyl (C=O) groups is 2. The third-order valence-corrected chi connectivity index (χ3v) is 6.12. The summed E-state index contributed by atoms with van der Waals surface area (Å²) in [6, 6.07) is 11.7. The molecule has 0 aliphatic rings. The maximum absolute atomic E-state index is 13.4. The van der Waals surface area contributed by atoms with Crippen molar-refractivity contribution in [3.05, 3.63) is 81.6 Å². The Kier molecular flexibility index (Phi) is 6.79. The van der Waals surface area contributed by atoms with Crippen LogP contribution in [0.15, 0.2) is 54.0 Å². The number of carbonyl (C=O) groups excluding carboxylic acids is 2. The van der Waals surface area contributed by atoms with Crippen molar-refractivity contribution in [2.24, 2.45) is 0 Å². The predicted molar refractivity (Wildman–Crippen MR) is 126 cm³/mol. The standard InChI is InChI=1S/C24H24FN5O2S/c1-3-29(15-22(31)26-12-17-6-8-18(25)9-7-17)24(32)20-11-16(2)28-23-21(20)13-27-30(23)14-19-5-4-10-33-19/h4-11,13H,3,12,14-15H2,1-2H3,(H,26,31). The number of benzene rings is 1. The van der Waals surface area contributed by atoms with Gasteiger partial charge in [0, 0.05) is 23.7 Å². The molecule has 9 heteroatoms. The Hall–Kier alpha value is -3.59. The summed E-state index contributed by atoms with van der Waals surface area (Å²) in [6.45, 7) is 4.80. The first-order valence-corrected chi connectivity index (χ1v) is 11.5. The molecule has 0 radical (unpaired) electrons. The second kappa shape index (κ2) is 9.91. The van der Waals surface area contributed by atoms with Crippen molar-refractivity contribution >= 4 is 34.2 Å². The number of rotatable bonds is 8. The van der Waals surface area contributed by atoms with Crippen molar-refractivity contribution in [1.82, 2.24) is 25.0 Å². The molecule has 4 aromatic rings. The lowest BCUT2D eigenvalue weighted by Crippen LogP contribution is -2.40. The first-order chi connectivity index (χ1) is 15.9. The van der Waals surface area contributed by atoms with Gasteiger partial charge in [-0.25, -0.2) is 14.1 Å². The highest BCUT2D eigenvalue weighted by atomic mass is 32.1. The molecule has 0 aliphatic carbocycles. The summed E-state index contributed by atoms with van der Waals surface area (Å²) in [6.07, 6.45) is 1.66. The lowest BCUT2D eigenvalue weighted by molar-refractivity contribution is -0.121. The van der Waals surface area contributed by atoms with Crippen molar-refractivity contribution in [1.29, 1.82) is 0 Å². The van der Waals surface area contributed by atoms with Crippen LogP contribution in [-0.2, 0) is 17.9 Å². The molecule has 3 aromatic heterocycles. The van der Waals surface area contributed by atoms with Gasteiger partial charge in [-0.2, -0.15) is 5.10 Å². The van der Waals surface area contributed by atoms with E-state index in [1.165, 1.54) is 17.0 Å². The van der Waals surface area contributed by atoms with Crippen LogP contribution >= 0.6 is 11.3 Å². The maximum atomic E-state index is 13.4. The zero-order valence-electron chi connectivity index (χ0n) is 18.4. The number of aromatic nitrogens is 3. The van der Waals surface area contributed by atoms with E-state index < -0.39 is 0 Å². The number of nitrogens with one attached hydrogen (secondary N) is 1. The van der Waals surface area contributed by atoms with Gasteiger partial charge in [0.2, 0.25) is 5.91 Å². The van der Waals surface area contributed by atoms with Crippen molar-refractivity contribution in [2.45, 2.75) is 26.9 Å². The third kappa shape index (κ3) is 5.25. The van der Waals surface area contributed by atoms with Gasteiger partial charge in [0.05, 0.1) is 30.2 Å². The lowest BCUT2D eigenvalue weighted by atomic mass is 10.1. The molecule has 0 saturated carbocycles. The van der Waals surface area contributed by atoms with E-state index in [1.54, 1.807) is 40.4 Å². The largest absolute Gasteiger partial charge is 0.350 e. The van der Waals surface area contributed by atoms with E-state index in [1.807, 2.05) is 31.4 Å². The molecule has 3 heterocycles. The number of likely N-dealkylation sites (N-methyl/N-ethyl adjacent to an activating group) is 1. The molecule has 0 unspecified atom stereocenters. The van der Waals surface area contributed by atoms with Crippen LogP contribution in [0.1, 0.15) is 33.4 Å². The third-order valence-electron chi connectivity index (χ3n) is 5.26. The highest BCUT2D eigenvalue weighted by molar-refractivity contribution is 7.09. The molecular formula is C24H24FN5O2S. The van der Waals surface area contributed by atoms with E-state index in [-0.39, 0.29) is 30.7 Å². The Morgan fingerprint density at radius 3 is 2.70 bits per heavy atom. The number of pyridine rings is 1. The highest BCUT2D eigenvalue weighted by Crippen LogP contribution is 2.22. The molecule has 1 aromatic carbocycles. The van der Waals surface area contributed by atoms with E-state index in [4.69, 9.17) is 0 Å². The van der Waals surface area contributed by atoms with E-state index >= 15 is 0 Å². The quantitative estimate of drug-likeness (QED) is 0.430. The highest BCUT2D eigenvalue weighted by Gasteiger charge is 2.22. The molecule has 0 fully saturated rings. The summed E-state index contributed by atoms with van der Waals surface area (Å²) in [5.74, 6) is -0.865. The Bertz CT molecular complexity index is 1270. The number of fused-ring (bicyclic) bond motifs is 1. The predicted octanol–water partition coefficient (Wildman–Crippen LogP) is 3.77. The smallest absolute Gasteiger partial charge is 0.255 e. The van der Waals surface area contributed by atoms with Crippen LogP contribution in [0.3, 0.4) is 0 Å². The van der Waals surface area contributed by atoms with Gasteiger partial charge < -0.3 is 10.2 Å². The second-order valence-corrected chi connectivity index (χ2v) is 8.68. The van der Waals surface area contributed by atoms with Crippen molar-refractivity contribution in [3.8, 4) is 0 Å². The minimum Gasteiger partial charge on any atom is -0.350 e. The number of halogens is 1. The molecule has 33 heavy (non-hydrogen) atoms. The molecule has 0 spiro atoms. The Morgan fingerprint density at radius 1 is 1.21 bits per heavy atom. The number of thiophene rings is 1.